The molecule has 0 N–H and O–H groups in total. The predicted octanol–water partition coefficient (Wildman–Crippen LogP) is 2.51. The van der Waals surface area contributed by atoms with E-state index in [9.17, 15) is 9.59 Å². The fourth-order valence-electron chi connectivity index (χ4n) is 4.73. The largest absolute Gasteiger partial charge is 0.342 e. The fraction of sp³-hybridized carbons (Fsp3) is 0.650. The minimum absolute atomic E-state index is 0.190. The van der Waals surface area contributed by atoms with Gasteiger partial charge in [0.25, 0.3) is 0 Å². The van der Waals surface area contributed by atoms with Crippen molar-refractivity contribution in [3.8, 4) is 0 Å². The second-order valence-corrected chi connectivity index (χ2v) is 8.40. The van der Waals surface area contributed by atoms with Crippen LogP contribution >= 0.6 is 0 Å². The third kappa shape index (κ3) is 2.75. The number of allylic oxidation sites excluding steroid dienone is 2. The average Bonchev–Trinajstić information content (AvgIpc) is 3.20. The molecule has 6 nitrogen and oxygen atoms in total. The van der Waals surface area contributed by atoms with Crippen LogP contribution in [-0.2, 0) is 16.6 Å². The molecule has 0 bridgehead atoms. The number of hydrogen-bond donors (Lipinski definition) is 0. The Labute approximate surface area is 154 Å². The molecule has 2 fully saturated rings. The minimum atomic E-state index is -0.304. The van der Waals surface area contributed by atoms with Crippen molar-refractivity contribution < 1.29 is 9.59 Å². The molecular formula is C20H28N4O2. The second-order valence-electron chi connectivity index (χ2n) is 8.40. The van der Waals surface area contributed by atoms with Gasteiger partial charge < -0.3 is 4.90 Å². The van der Waals surface area contributed by atoms with Gasteiger partial charge in [-0.05, 0) is 38.5 Å². The Morgan fingerprint density at radius 3 is 2.46 bits per heavy atom. The highest BCUT2D eigenvalue weighted by molar-refractivity contribution is 5.99. The van der Waals surface area contributed by atoms with Crippen molar-refractivity contribution >= 4 is 17.6 Å². The van der Waals surface area contributed by atoms with Crippen LogP contribution in [0, 0.1) is 10.8 Å². The zero-order valence-corrected chi connectivity index (χ0v) is 15.8. The first kappa shape index (κ1) is 17.3. The van der Waals surface area contributed by atoms with E-state index in [1.54, 1.807) is 4.68 Å². The van der Waals surface area contributed by atoms with Gasteiger partial charge in [0, 0.05) is 38.9 Å². The molecule has 0 saturated carbocycles. The van der Waals surface area contributed by atoms with E-state index in [4.69, 9.17) is 0 Å². The molecule has 1 aromatic rings. The molecule has 0 aromatic carbocycles. The molecule has 26 heavy (non-hydrogen) atoms. The van der Waals surface area contributed by atoms with E-state index in [-0.39, 0.29) is 22.6 Å². The summed E-state index contributed by atoms with van der Waals surface area (Å²) in [5.41, 5.74) is -0.569. The van der Waals surface area contributed by atoms with Crippen molar-refractivity contribution in [2.45, 2.75) is 45.4 Å². The van der Waals surface area contributed by atoms with Crippen LogP contribution in [0.1, 0.15) is 45.4 Å². The maximum absolute atomic E-state index is 13.1. The number of rotatable bonds is 2. The molecule has 2 aliphatic heterocycles. The third-order valence-electron chi connectivity index (χ3n) is 6.61. The van der Waals surface area contributed by atoms with Gasteiger partial charge in [0.15, 0.2) is 5.82 Å². The van der Waals surface area contributed by atoms with E-state index >= 15 is 0 Å². The van der Waals surface area contributed by atoms with Gasteiger partial charge in [0.2, 0.25) is 11.8 Å². The Bertz CT molecular complexity index is 745. The molecule has 140 valence electrons. The standard InChI is InChI=1S/C20H28N4O2/c1-19(7-4-3-5-8-19)17(25)23-13-9-20(10-14-23)11-15-24(18(20)26)16-6-12-22(2)21-16/h3-4,6,12H,5,7-11,13-15H2,1-2H3. The molecule has 1 unspecified atom stereocenters. The molecule has 6 heteroatoms. The first-order chi connectivity index (χ1) is 12.4. The number of amides is 2. The molecule has 4 rings (SSSR count). The first-order valence-electron chi connectivity index (χ1n) is 9.70. The molecule has 1 atom stereocenters. The minimum Gasteiger partial charge on any atom is -0.342 e. The SMILES string of the molecule is Cn1ccc(N2CCC3(CCN(C(=O)C4(C)CC=CCC4)CC3)C2=O)n1. The number of aryl methyl sites for hydroxylation is 1. The normalized spacial score (nSPS) is 28.2. The summed E-state index contributed by atoms with van der Waals surface area (Å²) in [4.78, 5) is 30.0. The topological polar surface area (TPSA) is 58.4 Å². The van der Waals surface area contributed by atoms with Crippen molar-refractivity contribution in [2.24, 2.45) is 17.9 Å². The van der Waals surface area contributed by atoms with Crippen LogP contribution in [0.25, 0.3) is 0 Å². The summed E-state index contributed by atoms with van der Waals surface area (Å²) in [5, 5.41) is 4.39. The zero-order valence-electron chi connectivity index (χ0n) is 15.8. The van der Waals surface area contributed by atoms with E-state index in [2.05, 4.69) is 24.2 Å². The lowest BCUT2D eigenvalue weighted by atomic mass is 9.74. The summed E-state index contributed by atoms with van der Waals surface area (Å²) in [7, 11) is 1.87. The van der Waals surface area contributed by atoms with E-state index in [1.165, 1.54) is 0 Å². The Kier molecular flexibility index (Phi) is 4.16. The van der Waals surface area contributed by atoms with Crippen LogP contribution in [0.4, 0.5) is 5.82 Å². The highest BCUT2D eigenvalue weighted by Gasteiger charge is 2.50. The lowest BCUT2D eigenvalue weighted by Gasteiger charge is -2.42. The van der Waals surface area contributed by atoms with Gasteiger partial charge in [-0.15, -0.1) is 0 Å². The third-order valence-corrected chi connectivity index (χ3v) is 6.61. The van der Waals surface area contributed by atoms with Crippen LogP contribution in [-0.4, -0.2) is 46.1 Å². The lowest BCUT2D eigenvalue weighted by molar-refractivity contribution is -0.146. The van der Waals surface area contributed by atoms with E-state index in [0.717, 1.165) is 50.9 Å². The highest BCUT2D eigenvalue weighted by Crippen LogP contribution is 2.44. The van der Waals surface area contributed by atoms with Crippen molar-refractivity contribution in [2.75, 3.05) is 24.5 Å². The lowest BCUT2D eigenvalue weighted by Crippen LogP contribution is -2.50. The number of piperidine rings is 1. The number of aromatic nitrogens is 2. The summed E-state index contributed by atoms with van der Waals surface area (Å²) >= 11 is 0. The molecule has 3 heterocycles. The van der Waals surface area contributed by atoms with Gasteiger partial charge in [0.05, 0.1) is 10.8 Å². The van der Waals surface area contributed by atoms with E-state index in [0.29, 0.717) is 13.1 Å². The Hall–Kier alpha value is -2.11. The van der Waals surface area contributed by atoms with Gasteiger partial charge >= 0.3 is 0 Å². The summed E-state index contributed by atoms with van der Waals surface area (Å²) in [5.74, 6) is 1.20. The Balaban J connectivity index is 1.42. The number of carbonyl (C=O) groups is 2. The monoisotopic (exact) mass is 356 g/mol. The number of likely N-dealkylation sites (tertiary alicyclic amines) is 1. The summed E-state index contributed by atoms with van der Waals surface area (Å²) in [6.45, 7) is 4.21. The number of nitrogens with zero attached hydrogens (tertiary/aromatic N) is 4. The number of hydrogen-bond acceptors (Lipinski definition) is 3. The van der Waals surface area contributed by atoms with Gasteiger partial charge in [-0.2, -0.15) is 5.10 Å². The summed E-state index contributed by atoms with van der Waals surface area (Å²) in [6, 6.07) is 1.90. The second kappa shape index (κ2) is 6.25. The first-order valence-corrected chi connectivity index (χ1v) is 9.70. The van der Waals surface area contributed by atoms with Crippen LogP contribution in [0.3, 0.4) is 0 Å². The van der Waals surface area contributed by atoms with Crippen LogP contribution < -0.4 is 4.90 Å². The maximum Gasteiger partial charge on any atom is 0.234 e. The number of carbonyl (C=O) groups excluding carboxylic acids is 2. The van der Waals surface area contributed by atoms with Crippen molar-refractivity contribution in [1.29, 1.82) is 0 Å². The fourth-order valence-corrected chi connectivity index (χ4v) is 4.73. The van der Waals surface area contributed by atoms with Gasteiger partial charge in [0.1, 0.15) is 0 Å². The Morgan fingerprint density at radius 1 is 1.12 bits per heavy atom. The quantitative estimate of drug-likeness (QED) is 0.765. The molecular weight excluding hydrogens is 328 g/mol. The van der Waals surface area contributed by atoms with E-state index < -0.39 is 0 Å². The predicted molar refractivity (Wildman–Crippen MR) is 99.5 cm³/mol. The maximum atomic E-state index is 13.1. The highest BCUT2D eigenvalue weighted by atomic mass is 16.2. The van der Waals surface area contributed by atoms with Gasteiger partial charge in [-0.25, -0.2) is 0 Å². The van der Waals surface area contributed by atoms with Crippen LogP contribution in [0.15, 0.2) is 24.4 Å². The smallest absolute Gasteiger partial charge is 0.234 e. The van der Waals surface area contributed by atoms with Gasteiger partial charge in [-0.3, -0.25) is 19.2 Å². The Morgan fingerprint density at radius 2 is 1.85 bits per heavy atom. The van der Waals surface area contributed by atoms with Crippen LogP contribution in [0.5, 0.6) is 0 Å². The van der Waals surface area contributed by atoms with E-state index in [1.807, 2.05) is 29.1 Å². The van der Waals surface area contributed by atoms with Crippen molar-refractivity contribution in [3.05, 3.63) is 24.4 Å². The molecule has 1 aromatic heterocycles. The molecule has 1 aliphatic carbocycles. The molecule has 0 radical (unpaired) electrons. The molecule has 2 saturated heterocycles. The average molecular weight is 356 g/mol. The molecule has 3 aliphatic rings. The molecule has 1 spiro atoms. The summed E-state index contributed by atoms with van der Waals surface area (Å²) in [6.07, 6.45) is 11.3. The van der Waals surface area contributed by atoms with Crippen molar-refractivity contribution in [3.63, 3.8) is 0 Å². The molecule has 2 amide bonds. The van der Waals surface area contributed by atoms with Crippen LogP contribution in [0.2, 0.25) is 0 Å². The number of anilines is 1. The zero-order chi connectivity index (χ0) is 18.4. The van der Waals surface area contributed by atoms with Crippen molar-refractivity contribution in [1.82, 2.24) is 14.7 Å². The van der Waals surface area contributed by atoms with Gasteiger partial charge in [-0.1, -0.05) is 19.1 Å². The summed E-state index contributed by atoms with van der Waals surface area (Å²) < 4.78 is 1.73.